The fraction of sp³-hybridized carbons (Fsp3) is 0.650. The number of hydrogen-bond donors (Lipinski definition) is 1. The van der Waals surface area contributed by atoms with E-state index in [0.29, 0.717) is 17.3 Å². The lowest BCUT2D eigenvalue weighted by Crippen LogP contribution is -2.31. The molecular weight excluding hydrogens is 328 g/mol. The largest absolute Gasteiger partial charge is 0.310 e. The minimum Gasteiger partial charge on any atom is -0.310 e. The molecule has 0 amide bonds. The molecule has 25 heavy (non-hydrogen) atoms. The van der Waals surface area contributed by atoms with Gasteiger partial charge in [0.1, 0.15) is 0 Å². The second-order valence-electron chi connectivity index (χ2n) is 8.01. The highest BCUT2D eigenvalue weighted by atomic mass is 32.2. The zero-order valence-corrected chi connectivity index (χ0v) is 16.4. The standard InChI is InChI=1S/C20H30N4S/c1-14-4-7-18(21-11-14)16-5-6-17-12-24(22-19(17)10-16)20-8-9-23(3)13-25-15(20)2/h5-6,10,12,14-15,18,20-21H,4,7-9,11,13H2,1-3H3/t14-,15+,18+,20?/m0/s1. The van der Waals surface area contributed by atoms with Crippen LogP contribution < -0.4 is 5.32 Å². The fourth-order valence-electron chi connectivity index (χ4n) is 4.08. The van der Waals surface area contributed by atoms with Gasteiger partial charge in [-0.1, -0.05) is 26.0 Å². The SMILES string of the molecule is C[C@H]1CC[C@H](c2ccc3cn(C4CCN(C)CS[C@@H]4C)nc3c2)NC1. The van der Waals surface area contributed by atoms with Gasteiger partial charge in [-0.25, -0.2) is 0 Å². The molecule has 0 radical (unpaired) electrons. The Morgan fingerprint density at radius 3 is 2.88 bits per heavy atom. The molecule has 0 aliphatic carbocycles. The molecule has 1 N–H and O–H groups in total. The zero-order chi connectivity index (χ0) is 17.4. The summed E-state index contributed by atoms with van der Waals surface area (Å²) < 4.78 is 2.24. The van der Waals surface area contributed by atoms with Gasteiger partial charge in [-0.2, -0.15) is 5.10 Å². The first-order chi connectivity index (χ1) is 12.1. The highest BCUT2D eigenvalue weighted by Crippen LogP contribution is 2.32. The van der Waals surface area contributed by atoms with Gasteiger partial charge in [-0.15, -0.1) is 11.8 Å². The van der Waals surface area contributed by atoms with Crippen molar-refractivity contribution in [1.82, 2.24) is 20.0 Å². The Morgan fingerprint density at radius 2 is 2.08 bits per heavy atom. The third-order valence-electron chi connectivity index (χ3n) is 5.86. The van der Waals surface area contributed by atoms with E-state index in [2.05, 4.69) is 60.2 Å². The normalized spacial score (nSPS) is 32.0. The Hall–Kier alpha value is -1.04. The average Bonchev–Trinajstić information content (AvgIpc) is 2.95. The van der Waals surface area contributed by atoms with E-state index in [1.54, 1.807) is 0 Å². The second kappa shape index (κ2) is 7.29. The van der Waals surface area contributed by atoms with E-state index in [9.17, 15) is 0 Å². The van der Waals surface area contributed by atoms with Crippen LogP contribution in [0.15, 0.2) is 24.4 Å². The van der Waals surface area contributed by atoms with Crippen molar-refractivity contribution in [2.24, 2.45) is 5.92 Å². The van der Waals surface area contributed by atoms with Crippen LogP contribution in [0.2, 0.25) is 0 Å². The lowest BCUT2D eigenvalue weighted by molar-refractivity contribution is 0.333. The van der Waals surface area contributed by atoms with Gasteiger partial charge >= 0.3 is 0 Å². The van der Waals surface area contributed by atoms with Gasteiger partial charge in [-0.05, 0) is 50.4 Å². The van der Waals surface area contributed by atoms with E-state index in [-0.39, 0.29) is 0 Å². The van der Waals surface area contributed by atoms with Crippen molar-refractivity contribution in [1.29, 1.82) is 0 Å². The summed E-state index contributed by atoms with van der Waals surface area (Å²) in [6, 6.07) is 7.83. The minimum absolute atomic E-state index is 0.486. The lowest BCUT2D eigenvalue weighted by Gasteiger charge is -2.28. The van der Waals surface area contributed by atoms with Gasteiger partial charge < -0.3 is 5.32 Å². The van der Waals surface area contributed by atoms with E-state index in [4.69, 9.17) is 5.10 Å². The third-order valence-corrected chi connectivity index (χ3v) is 7.29. The van der Waals surface area contributed by atoms with Gasteiger partial charge in [0.2, 0.25) is 0 Å². The molecule has 1 aromatic heterocycles. The molecule has 4 rings (SSSR count). The number of fused-ring (bicyclic) bond motifs is 1. The molecule has 4 nitrogen and oxygen atoms in total. The Kier molecular flexibility index (Phi) is 5.07. The van der Waals surface area contributed by atoms with Crippen LogP contribution in [-0.4, -0.2) is 45.9 Å². The average molecular weight is 359 g/mol. The summed E-state index contributed by atoms with van der Waals surface area (Å²) in [5.74, 6) is 1.92. The summed E-state index contributed by atoms with van der Waals surface area (Å²) in [5, 5.41) is 10.5. The first kappa shape index (κ1) is 17.4. The topological polar surface area (TPSA) is 33.1 Å². The first-order valence-electron chi connectivity index (χ1n) is 9.62. The van der Waals surface area contributed by atoms with E-state index in [1.165, 1.54) is 30.2 Å². The predicted molar refractivity (Wildman–Crippen MR) is 107 cm³/mol. The Labute approximate surface area is 155 Å². The highest BCUT2D eigenvalue weighted by molar-refractivity contribution is 7.99. The van der Waals surface area contributed by atoms with Crippen LogP contribution in [0.25, 0.3) is 10.9 Å². The van der Waals surface area contributed by atoms with Crippen LogP contribution in [-0.2, 0) is 0 Å². The number of nitrogens with zero attached hydrogens (tertiary/aromatic N) is 3. The fourth-order valence-corrected chi connectivity index (χ4v) is 5.18. The van der Waals surface area contributed by atoms with E-state index < -0.39 is 0 Å². The molecule has 0 spiro atoms. The number of rotatable bonds is 2. The van der Waals surface area contributed by atoms with Crippen LogP contribution in [0.3, 0.4) is 0 Å². The molecule has 4 atom stereocenters. The van der Waals surface area contributed by atoms with Crippen molar-refractivity contribution >= 4 is 22.7 Å². The number of thioether (sulfide) groups is 1. The molecule has 2 aromatic rings. The van der Waals surface area contributed by atoms with Crippen molar-refractivity contribution in [3.05, 3.63) is 30.0 Å². The first-order valence-corrected chi connectivity index (χ1v) is 10.7. The highest BCUT2D eigenvalue weighted by Gasteiger charge is 2.25. The summed E-state index contributed by atoms with van der Waals surface area (Å²) in [6.07, 6.45) is 5.97. The maximum atomic E-state index is 4.98. The zero-order valence-electron chi connectivity index (χ0n) is 15.6. The number of piperidine rings is 1. The third kappa shape index (κ3) is 3.74. The van der Waals surface area contributed by atoms with Gasteiger partial charge in [0.25, 0.3) is 0 Å². The van der Waals surface area contributed by atoms with E-state index in [0.717, 1.165) is 30.4 Å². The molecule has 2 saturated heterocycles. The number of hydrogen-bond acceptors (Lipinski definition) is 4. The van der Waals surface area contributed by atoms with E-state index in [1.807, 2.05) is 11.8 Å². The number of benzene rings is 1. The smallest absolute Gasteiger partial charge is 0.0926 e. The Bertz CT molecular complexity index is 720. The quantitative estimate of drug-likeness (QED) is 0.878. The Morgan fingerprint density at radius 1 is 1.20 bits per heavy atom. The van der Waals surface area contributed by atoms with Gasteiger partial charge in [0.15, 0.2) is 0 Å². The summed E-state index contributed by atoms with van der Waals surface area (Å²) >= 11 is 2.04. The maximum Gasteiger partial charge on any atom is 0.0926 e. The monoisotopic (exact) mass is 358 g/mol. The predicted octanol–water partition coefficient (Wildman–Crippen LogP) is 4.05. The molecule has 2 aliphatic rings. The summed E-state index contributed by atoms with van der Waals surface area (Å²) in [7, 11) is 2.21. The van der Waals surface area contributed by atoms with E-state index >= 15 is 0 Å². The van der Waals surface area contributed by atoms with Gasteiger partial charge in [0, 0.05) is 35.3 Å². The second-order valence-corrected chi connectivity index (χ2v) is 9.34. The summed E-state index contributed by atoms with van der Waals surface area (Å²) in [4.78, 5) is 2.41. The summed E-state index contributed by atoms with van der Waals surface area (Å²) in [6.45, 7) is 6.95. The molecule has 2 fully saturated rings. The molecule has 5 heteroatoms. The number of nitrogens with one attached hydrogen (secondary N) is 1. The molecule has 2 aliphatic heterocycles. The van der Waals surface area contributed by atoms with Crippen molar-refractivity contribution < 1.29 is 0 Å². The molecule has 136 valence electrons. The minimum atomic E-state index is 0.486. The van der Waals surface area contributed by atoms with Gasteiger partial charge in [-0.3, -0.25) is 9.58 Å². The maximum absolute atomic E-state index is 4.98. The summed E-state index contributed by atoms with van der Waals surface area (Å²) in [5.41, 5.74) is 2.54. The van der Waals surface area contributed by atoms with Crippen LogP contribution >= 0.6 is 11.8 Å². The van der Waals surface area contributed by atoms with Gasteiger partial charge in [0.05, 0.1) is 11.6 Å². The molecule has 1 unspecified atom stereocenters. The number of aromatic nitrogens is 2. The van der Waals surface area contributed by atoms with Crippen LogP contribution in [0.5, 0.6) is 0 Å². The molecule has 0 bridgehead atoms. The molecule has 3 heterocycles. The Balaban J connectivity index is 1.57. The lowest BCUT2D eigenvalue weighted by atomic mass is 9.92. The van der Waals surface area contributed by atoms with Crippen LogP contribution in [0.1, 0.15) is 50.8 Å². The van der Waals surface area contributed by atoms with Crippen LogP contribution in [0.4, 0.5) is 0 Å². The van der Waals surface area contributed by atoms with Crippen LogP contribution in [0, 0.1) is 5.92 Å². The van der Waals surface area contributed by atoms with Crippen molar-refractivity contribution in [2.45, 2.75) is 50.4 Å². The van der Waals surface area contributed by atoms with Crippen molar-refractivity contribution in [2.75, 3.05) is 26.0 Å². The van der Waals surface area contributed by atoms with Crippen molar-refractivity contribution in [3.63, 3.8) is 0 Å². The molecular formula is C20H30N4S. The molecule has 1 aromatic carbocycles. The molecule has 0 saturated carbocycles. The van der Waals surface area contributed by atoms with Crippen molar-refractivity contribution in [3.8, 4) is 0 Å².